The molecule has 3 N–H and O–H groups in total. The summed E-state index contributed by atoms with van der Waals surface area (Å²) in [4.78, 5) is 4.57. The first-order valence-corrected chi connectivity index (χ1v) is 8.91. The third kappa shape index (κ3) is 4.14. The van der Waals surface area contributed by atoms with Crippen molar-refractivity contribution in [2.75, 3.05) is 31.6 Å². The van der Waals surface area contributed by atoms with E-state index in [2.05, 4.69) is 27.9 Å². The van der Waals surface area contributed by atoms with Crippen LogP contribution in [0.2, 0.25) is 0 Å². The normalized spacial score (nSPS) is 21.2. The number of benzene rings is 1. The number of aryl methyl sites for hydroxylation is 1. The molecule has 0 aromatic heterocycles. The fourth-order valence-corrected chi connectivity index (χ4v) is 2.96. The van der Waals surface area contributed by atoms with Gasteiger partial charge in [0, 0.05) is 18.8 Å². The molecule has 5 heteroatoms. The van der Waals surface area contributed by atoms with E-state index in [4.69, 9.17) is 0 Å². The maximum Gasteiger partial charge on any atom is 0.191 e. The monoisotopic (exact) mass is 307 g/mol. The lowest BCUT2D eigenvalue weighted by Gasteiger charge is -2.22. The number of fused-ring (bicyclic) bond motifs is 1. The van der Waals surface area contributed by atoms with Crippen molar-refractivity contribution in [1.82, 2.24) is 10.6 Å². The zero-order valence-corrected chi connectivity index (χ0v) is 13.7. The van der Waals surface area contributed by atoms with Crippen molar-refractivity contribution in [3.63, 3.8) is 0 Å². The first-order chi connectivity index (χ1) is 10.2. The molecule has 1 aliphatic carbocycles. The molecule has 1 aliphatic rings. The van der Waals surface area contributed by atoms with E-state index in [1.807, 2.05) is 25.1 Å². The number of thioether (sulfide) groups is 1. The third-order valence-electron chi connectivity index (χ3n) is 3.77. The first kappa shape index (κ1) is 16.2. The van der Waals surface area contributed by atoms with E-state index >= 15 is 0 Å². The second kappa shape index (κ2) is 7.71. The van der Waals surface area contributed by atoms with Crippen molar-refractivity contribution >= 4 is 17.7 Å². The summed E-state index contributed by atoms with van der Waals surface area (Å²) in [5.41, 5.74) is 1.46. The lowest BCUT2D eigenvalue weighted by Crippen LogP contribution is -2.40. The van der Waals surface area contributed by atoms with Gasteiger partial charge in [0.2, 0.25) is 0 Å². The second-order valence-corrected chi connectivity index (χ2v) is 6.29. The summed E-state index contributed by atoms with van der Waals surface area (Å²) in [7, 11) is 0. The number of aliphatic imine (C=N–C) groups is 1. The van der Waals surface area contributed by atoms with Gasteiger partial charge < -0.3 is 15.7 Å². The van der Waals surface area contributed by atoms with Gasteiger partial charge in [-0.15, -0.1) is 0 Å². The number of nitrogens with zero attached hydrogens (tertiary/aromatic N) is 1. The summed E-state index contributed by atoms with van der Waals surface area (Å²) in [5.74, 6) is 1.82. The molecular formula is C16H25N3OS. The molecule has 0 heterocycles. The first-order valence-electron chi connectivity index (χ1n) is 7.51. The average Bonchev–Trinajstić information content (AvgIpc) is 2.84. The van der Waals surface area contributed by atoms with E-state index in [1.54, 1.807) is 11.8 Å². The molecule has 0 amide bonds. The lowest BCUT2D eigenvalue weighted by molar-refractivity contribution is 0.0485. The zero-order chi connectivity index (χ0) is 15.1. The van der Waals surface area contributed by atoms with Crippen LogP contribution in [-0.2, 0) is 12.0 Å². The van der Waals surface area contributed by atoms with Crippen LogP contribution >= 0.6 is 11.8 Å². The highest BCUT2D eigenvalue weighted by Gasteiger charge is 2.36. The van der Waals surface area contributed by atoms with E-state index in [-0.39, 0.29) is 0 Å². The molecule has 116 valence electrons. The van der Waals surface area contributed by atoms with Crippen molar-refractivity contribution in [3.8, 4) is 0 Å². The van der Waals surface area contributed by atoms with Crippen LogP contribution in [0.5, 0.6) is 0 Å². The number of hydrogen-bond acceptors (Lipinski definition) is 3. The Morgan fingerprint density at radius 3 is 2.95 bits per heavy atom. The van der Waals surface area contributed by atoms with Crippen molar-refractivity contribution in [3.05, 3.63) is 35.4 Å². The summed E-state index contributed by atoms with van der Waals surface area (Å²) in [6.07, 6.45) is 3.77. The van der Waals surface area contributed by atoms with E-state index in [0.29, 0.717) is 6.54 Å². The van der Waals surface area contributed by atoms with Gasteiger partial charge in [0.05, 0.1) is 6.54 Å². The van der Waals surface area contributed by atoms with Crippen molar-refractivity contribution in [2.24, 2.45) is 4.99 Å². The van der Waals surface area contributed by atoms with E-state index in [9.17, 15) is 5.11 Å². The Morgan fingerprint density at radius 1 is 1.38 bits per heavy atom. The largest absolute Gasteiger partial charge is 0.383 e. The Hall–Kier alpha value is -1.20. The summed E-state index contributed by atoms with van der Waals surface area (Å²) < 4.78 is 0. The van der Waals surface area contributed by atoms with Crippen LogP contribution in [0.25, 0.3) is 0 Å². The molecule has 0 radical (unpaired) electrons. The van der Waals surface area contributed by atoms with Crippen LogP contribution in [0.1, 0.15) is 24.5 Å². The summed E-state index contributed by atoms with van der Waals surface area (Å²) in [6, 6.07) is 8.13. The Labute approximate surface area is 131 Å². The van der Waals surface area contributed by atoms with Gasteiger partial charge in [-0.25, -0.2) is 4.99 Å². The van der Waals surface area contributed by atoms with Gasteiger partial charge in [-0.05, 0) is 37.1 Å². The molecular weight excluding hydrogens is 282 g/mol. The molecule has 0 saturated carbocycles. The molecule has 4 nitrogen and oxygen atoms in total. The minimum atomic E-state index is -0.821. The van der Waals surface area contributed by atoms with Gasteiger partial charge in [-0.1, -0.05) is 24.3 Å². The molecule has 0 aliphatic heterocycles. The molecule has 1 unspecified atom stereocenters. The summed E-state index contributed by atoms with van der Waals surface area (Å²) >= 11 is 1.80. The van der Waals surface area contributed by atoms with Gasteiger partial charge in [0.1, 0.15) is 5.60 Å². The predicted molar refractivity (Wildman–Crippen MR) is 91.0 cm³/mol. The summed E-state index contributed by atoms with van der Waals surface area (Å²) in [5, 5.41) is 17.4. The maximum atomic E-state index is 10.9. The molecule has 21 heavy (non-hydrogen) atoms. The number of nitrogens with one attached hydrogen (secondary N) is 2. The van der Waals surface area contributed by atoms with Crippen molar-refractivity contribution in [2.45, 2.75) is 25.4 Å². The van der Waals surface area contributed by atoms with Gasteiger partial charge in [0.15, 0.2) is 5.96 Å². The van der Waals surface area contributed by atoms with Crippen LogP contribution in [0, 0.1) is 0 Å². The van der Waals surface area contributed by atoms with Crippen LogP contribution in [-0.4, -0.2) is 42.7 Å². The van der Waals surface area contributed by atoms with Crippen LogP contribution in [0.15, 0.2) is 29.3 Å². The Bertz CT molecular complexity index is 492. The van der Waals surface area contributed by atoms with Crippen molar-refractivity contribution < 1.29 is 5.11 Å². The quantitative estimate of drug-likeness (QED) is 0.426. The zero-order valence-electron chi connectivity index (χ0n) is 12.9. The standard InChI is InChI=1S/C16H25N3OS/c1-3-17-15(18-10-11-21-2)19-12-16(20)9-8-13-6-4-5-7-14(13)16/h4-7,20H,3,8-12H2,1-2H3,(H2,17,18,19). The van der Waals surface area contributed by atoms with Gasteiger partial charge in [0.25, 0.3) is 0 Å². The minimum Gasteiger partial charge on any atom is -0.383 e. The number of rotatable bonds is 6. The molecule has 1 aromatic carbocycles. The van der Waals surface area contributed by atoms with Crippen LogP contribution in [0.4, 0.5) is 0 Å². The average molecular weight is 307 g/mol. The molecule has 1 aromatic rings. The van der Waals surface area contributed by atoms with Gasteiger partial charge in [-0.3, -0.25) is 0 Å². The topological polar surface area (TPSA) is 56.7 Å². The highest BCUT2D eigenvalue weighted by Crippen LogP contribution is 2.36. The molecule has 0 fully saturated rings. The predicted octanol–water partition coefficient (Wildman–Crippen LogP) is 1.74. The Kier molecular flexibility index (Phi) is 5.94. The molecule has 2 rings (SSSR count). The van der Waals surface area contributed by atoms with Crippen molar-refractivity contribution in [1.29, 1.82) is 0 Å². The van der Waals surface area contributed by atoms with Gasteiger partial charge >= 0.3 is 0 Å². The number of hydrogen-bond donors (Lipinski definition) is 3. The Balaban J connectivity index is 2.03. The SMILES string of the molecule is CCNC(=NCC1(O)CCc2ccccc21)NCCSC. The van der Waals surface area contributed by atoms with Gasteiger partial charge in [-0.2, -0.15) is 11.8 Å². The minimum absolute atomic E-state index is 0.401. The number of guanidine groups is 1. The smallest absolute Gasteiger partial charge is 0.191 e. The fraction of sp³-hybridized carbons (Fsp3) is 0.562. The number of aliphatic hydroxyl groups is 1. The van der Waals surface area contributed by atoms with Crippen LogP contribution in [0.3, 0.4) is 0 Å². The molecule has 0 saturated heterocycles. The van der Waals surface area contributed by atoms with E-state index in [1.165, 1.54) is 5.56 Å². The van der Waals surface area contributed by atoms with Crippen LogP contribution < -0.4 is 10.6 Å². The van der Waals surface area contributed by atoms with E-state index < -0.39 is 5.60 Å². The van der Waals surface area contributed by atoms with E-state index in [0.717, 1.165) is 43.2 Å². The maximum absolute atomic E-state index is 10.9. The second-order valence-electron chi connectivity index (χ2n) is 5.30. The Morgan fingerprint density at radius 2 is 2.19 bits per heavy atom. The highest BCUT2D eigenvalue weighted by atomic mass is 32.2. The third-order valence-corrected chi connectivity index (χ3v) is 4.38. The lowest BCUT2D eigenvalue weighted by atomic mass is 9.96. The highest BCUT2D eigenvalue weighted by molar-refractivity contribution is 7.98. The summed E-state index contributed by atoms with van der Waals surface area (Å²) in [6.45, 7) is 4.14. The molecule has 1 atom stereocenters. The molecule has 0 spiro atoms. The fourth-order valence-electron chi connectivity index (χ4n) is 2.66. The molecule has 0 bridgehead atoms.